The van der Waals surface area contributed by atoms with Crippen LogP contribution in [0.3, 0.4) is 0 Å². The van der Waals surface area contributed by atoms with E-state index in [0.717, 1.165) is 15.4 Å². The summed E-state index contributed by atoms with van der Waals surface area (Å²) in [5, 5.41) is 0.741. The lowest BCUT2D eigenvalue weighted by molar-refractivity contribution is 0.0527. The monoisotopic (exact) mass is 294 g/mol. The number of esters is 1. The number of nitrogen functional groups attached to an aromatic ring is 1. The molecular formula is C12H11BrN2O2. The number of pyridine rings is 1. The highest BCUT2D eigenvalue weighted by Crippen LogP contribution is 2.28. The van der Waals surface area contributed by atoms with Crippen molar-refractivity contribution in [2.24, 2.45) is 0 Å². The van der Waals surface area contributed by atoms with Crippen molar-refractivity contribution >= 4 is 38.5 Å². The van der Waals surface area contributed by atoms with Gasteiger partial charge in [-0.2, -0.15) is 0 Å². The van der Waals surface area contributed by atoms with Gasteiger partial charge in [-0.15, -0.1) is 0 Å². The molecule has 0 aliphatic rings. The molecule has 0 fully saturated rings. The van der Waals surface area contributed by atoms with E-state index in [9.17, 15) is 4.79 Å². The Morgan fingerprint density at radius 1 is 1.53 bits per heavy atom. The Labute approximate surface area is 107 Å². The van der Waals surface area contributed by atoms with Gasteiger partial charge in [-0.3, -0.25) is 4.98 Å². The molecule has 88 valence electrons. The molecule has 5 heteroatoms. The number of benzene rings is 1. The molecule has 0 spiro atoms. The standard InChI is InChI=1S/C12H11BrN2O2/c1-2-17-12(16)8-6-15-11-7(10(8)14)4-3-5-9(11)13/h3-6H,2H2,1H3,(H2,14,15). The Kier molecular flexibility index (Phi) is 3.28. The van der Waals surface area contributed by atoms with Crippen LogP contribution in [-0.4, -0.2) is 17.6 Å². The number of carbonyl (C=O) groups is 1. The number of hydrogen-bond acceptors (Lipinski definition) is 4. The fourth-order valence-electron chi connectivity index (χ4n) is 1.58. The average Bonchev–Trinajstić information content (AvgIpc) is 2.31. The SMILES string of the molecule is CCOC(=O)c1cnc2c(Br)cccc2c1N. The molecule has 0 amide bonds. The van der Waals surface area contributed by atoms with Crippen LogP contribution in [0.4, 0.5) is 5.69 Å². The molecule has 1 aromatic carbocycles. The Balaban J connectivity index is 2.62. The van der Waals surface area contributed by atoms with E-state index in [2.05, 4.69) is 20.9 Å². The molecule has 0 atom stereocenters. The predicted molar refractivity (Wildman–Crippen MR) is 69.8 cm³/mol. The maximum Gasteiger partial charge on any atom is 0.341 e. The van der Waals surface area contributed by atoms with Crippen LogP contribution in [0.5, 0.6) is 0 Å². The number of ether oxygens (including phenoxy) is 1. The third-order valence-electron chi connectivity index (χ3n) is 2.39. The second-order valence-corrected chi connectivity index (χ2v) is 4.30. The van der Waals surface area contributed by atoms with E-state index in [1.807, 2.05) is 18.2 Å². The summed E-state index contributed by atoms with van der Waals surface area (Å²) in [5.41, 5.74) is 7.39. The van der Waals surface area contributed by atoms with E-state index in [4.69, 9.17) is 10.5 Å². The molecule has 0 aliphatic carbocycles. The van der Waals surface area contributed by atoms with Crippen LogP contribution in [0, 0.1) is 0 Å². The summed E-state index contributed by atoms with van der Waals surface area (Å²) in [6.07, 6.45) is 1.44. The first-order valence-electron chi connectivity index (χ1n) is 5.15. The van der Waals surface area contributed by atoms with E-state index in [1.165, 1.54) is 6.20 Å². The van der Waals surface area contributed by atoms with E-state index in [0.29, 0.717) is 17.9 Å². The van der Waals surface area contributed by atoms with E-state index >= 15 is 0 Å². The van der Waals surface area contributed by atoms with Crippen LogP contribution < -0.4 is 5.73 Å². The number of anilines is 1. The molecule has 0 radical (unpaired) electrons. The predicted octanol–water partition coefficient (Wildman–Crippen LogP) is 2.76. The van der Waals surface area contributed by atoms with Crippen LogP contribution in [0.2, 0.25) is 0 Å². The van der Waals surface area contributed by atoms with Gasteiger partial charge < -0.3 is 10.5 Å². The largest absolute Gasteiger partial charge is 0.462 e. The van der Waals surface area contributed by atoms with Gasteiger partial charge in [0.1, 0.15) is 5.56 Å². The Morgan fingerprint density at radius 2 is 2.29 bits per heavy atom. The minimum absolute atomic E-state index is 0.303. The Bertz CT molecular complexity index is 584. The number of aromatic nitrogens is 1. The van der Waals surface area contributed by atoms with Crippen LogP contribution in [0.15, 0.2) is 28.9 Å². The number of carbonyl (C=O) groups excluding carboxylic acids is 1. The van der Waals surface area contributed by atoms with Gasteiger partial charge >= 0.3 is 5.97 Å². The van der Waals surface area contributed by atoms with E-state index in [1.54, 1.807) is 6.92 Å². The van der Waals surface area contributed by atoms with Gasteiger partial charge in [-0.1, -0.05) is 12.1 Å². The van der Waals surface area contributed by atoms with Gasteiger partial charge in [0.15, 0.2) is 0 Å². The van der Waals surface area contributed by atoms with Crippen molar-refractivity contribution in [2.45, 2.75) is 6.92 Å². The zero-order chi connectivity index (χ0) is 12.4. The van der Waals surface area contributed by atoms with Crippen molar-refractivity contribution < 1.29 is 9.53 Å². The first-order valence-corrected chi connectivity index (χ1v) is 5.94. The molecule has 1 heterocycles. The first-order chi connectivity index (χ1) is 8.15. The van der Waals surface area contributed by atoms with Crippen molar-refractivity contribution in [3.05, 3.63) is 34.4 Å². The van der Waals surface area contributed by atoms with Crippen molar-refractivity contribution in [1.82, 2.24) is 4.98 Å². The lowest BCUT2D eigenvalue weighted by atomic mass is 10.1. The van der Waals surface area contributed by atoms with Gasteiger partial charge in [0.2, 0.25) is 0 Å². The number of hydrogen-bond donors (Lipinski definition) is 1. The minimum atomic E-state index is -0.445. The molecule has 0 saturated carbocycles. The Hall–Kier alpha value is -1.62. The molecule has 0 bridgehead atoms. The zero-order valence-corrected chi connectivity index (χ0v) is 10.8. The van der Waals surface area contributed by atoms with Crippen molar-refractivity contribution in [3.8, 4) is 0 Å². The fraction of sp³-hybridized carbons (Fsp3) is 0.167. The molecule has 0 aliphatic heterocycles. The molecule has 2 N–H and O–H groups in total. The summed E-state index contributed by atoms with van der Waals surface area (Å²) in [4.78, 5) is 15.9. The average molecular weight is 295 g/mol. The summed E-state index contributed by atoms with van der Waals surface area (Å²) >= 11 is 3.39. The maximum absolute atomic E-state index is 11.6. The quantitative estimate of drug-likeness (QED) is 0.865. The number of nitrogens with two attached hydrogens (primary N) is 1. The van der Waals surface area contributed by atoms with Gasteiger partial charge in [0.05, 0.1) is 17.8 Å². The van der Waals surface area contributed by atoms with Gasteiger partial charge in [-0.05, 0) is 28.9 Å². The van der Waals surface area contributed by atoms with Crippen molar-refractivity contribution in [2.75, 3.05) is 12.3 Å². The van der Waals surface area contributed by atoms with Gasteiger partial charge in [0, 0.05) is 16.1 Å². The summed E-state index contributed by atoms with van der Waals surface area (Å²) in [6.45, 7) is 2.06. The fourth-order valence-corrected chi connectivity index (χ4v) is 2.05. The highest BCUT2D eigenvalue weighted by atomic mass is 79.9. The molecule has 17 heavy (non-hydrogen) atoms. The number of para-hydroxylation sites is 1. The molecule has 0 unspecified atom stereocenters. The number of fused-ring (bicyclic) bond motifs is 1. The minimum Gasteiger partial charge on any atom is -0.462 e. The third kappa shape index (κ3) is 2.10. The maximum atomic E-state index is 11.6. The van der Waals surface area contributed by atoms with Crippen LogP contribution in [0.1, 0.15) is 17.3 Å². The number of rotatable bonds is 2. The van der Waals surface area contributed by atoms with E-state index < -0.39 is 5.97 Å². The molecule has 2 aromatic rings. The highest BCUT2D eigenvalue weighted by Gasteiger charge is 2.14. The second-order valence-electron chi connectivity index (χ2n) is 3.44. The summed E-state index contributed by atoms with van der Waals surface area (Å²) in [5.74, 6) is -0.445. The third-order valence-corrected chi connectivity index (χ3v) is 3.03. The number of nitrogens with zero attached hydrogens (tertiary/aromatic N) is 1. The first kappa shape index (κ1) is 11.9. The van der Waals surface area contributed by atoms with Gasteiger partial charge in [0.25, 0.3) is 0 Å². The van der Waals surface area contributed by atoms with Crippen LogP contribution in [-0.2, 0) is 4.74 Å². The Morgan fingerprint density at radius 3 is 3.00 bits per heavy atom. The highest BCUT2D eigenvalue weighted by molar-refractivity contribution is 9.10. The number of halogens is 1. The molecule has 1 aromatic heterocycles. The van der Waals surface area contributed by atoms with Crippen molar-refractivity contribution in [3.63, 3.8) is 0 Å². The summed E-state index contributed by atoms with van der Waals surface area (Å²) < 4.78 is 5.76. The van der Waals surface area contributed by atoms with Crippen molar-refractivity contribution in [1.29, 1.82) is 0 Å². The lowest BCUT2D eigenvalue weighted by Crippen LogP contribution is -2.09. The molecule has 2 rings (SSSR count). The lowest BCUT2D eigenvalue weighted by Gasteiger charge is -2.08. The summed E-state index contributed by atoms with van der Waals surface area (Å²) in [7, 11) is 0. The topological polar surface area (TPSA) is 65.2 Å². The molecular weight excluding hydrogens is 284 g/mol. The molecule has 0 saturated heterocycles. The van der Waals surface area contributed by atoms with Crippen LogP contribution >= 0.6 is 15.9 Å². The van der Waals surface area contributed by atoms with E-state index in [-0.39, 0.29) is 0 Å². The van der Waals surface area contributed by atoms with Gasteiger partial charge in [-0.25, -0.2) is 4.79 Å². The van der Waals surface area contributed by atoms with Crippen LogP contribution in [0.25, 0.3) is 10.9 Å². The zero-order valence-electron chi connectivity index (χ0n) is 9.24. The normalized spacial score (nSPS) is 10.5. The molecule has 4 nitrogen and oxygen atoms in total. The summed E-state index contributed by atoms with van der Waals surface area (Å²) in [6, 6.07) is 5.54. The smallest absolute Gasteiger partial charge is 0.341 e. The second kappa shape index (κ2) is 4.71.